The highest BCUT2D eigenvalue weighted by molar-refractivity contribution is 5.98. The minimum absolute atomic E-state index is 0.0285. The number of hydrogen-bond acceptors (Lipinski definition) is 3. The average Bonchev–Trinajstić information content (AvgIpc) is 2.80. The van der Waals surface area contributed by atoms with Crippen LogP contribution in [0.2, 0.25) is 0 Å². The zero-order chi connectivity index (χ0) is 13.1. The predicted molar refractivity (Wildman–Crippen MR) is 71.9 cm³/mol. The lowest BCUT2D eigenvalue weighted by Gasteiger charge is -2.21. The zero-order valence-corrected chi connectivity index (χ0v) is 11.0. The maximum Gasteiger partial charge on any atom is 0.243 e. The Kier molecular flexibility index (Phi) is 3.87. The molecule has 2 N–H and O–H groups in total. The lowest BCUT2D eigenvalue weighted by atomic mass is 10.1. The number of nitrogens with zero attached hydrogens (tertiary/aromatic N) is 1. The van der Waals surface area contributed by atoms with Crippen LogP contribution in [0.3, 0.4) is 0 Å². The van der Waals surface area contributed by atoms with E-state index < -0.39 is 0 Å². The number of fused-ring (bicyclic) bond motifs is 1. The largest absolute Gasteiger partial charge is 0.497 e. The van der Waals surface area contributed by atoms with E-state index in [-0.39, 0.29) is 11.9 Å². The van der Waals surface area contributed by atoms with Crippen LogP contribution in [0.5, 0.6) is 5.75 Å². The fourth-order valence-electron chi connectivity index (χ4n) is 2.37. The molecule has 0 bridgehead atoms. The van der Waals surface area contributed by atoms with Crippen molar-refractivity contribution in [3.8, 4) is 5.75 Å². The molecular weight excluding hydrogens is 228 g/mol. The third-order valence-corrected chi connectivity index (χ3v) is 3.37. The standard InChI is InChI=1S/C14H20N2O2/c1-3-4-12(15)14(17)16-8-7-10-9-11(18-2)5-6-13(10)16/h5-6,9,12H,3-4,7-8,15H2,1-2H3. The molecule has 2 rings (SSSR count). The molecule has 0 aromatic heterocycles. The summed E-state index contributed by atoms with van der Waals surface area (Å²) in [5.41, 5.74) is 8.04. The maximum absolute atomic E-state index is 12.2. The second-order valence-electron chi connectivity index (χ2n) is 4.63. The predicted octanol–water partition coefficient (Wildman–Crippen LogP) is 1.71. The molecule has 1 atom stereocenters. The topological polar surface area (TPSA) is 55.6 Å². The van der Waals surface area contributed by atoms with Crippen molar-refractivity contribution < 1.29 is 9.53 Å². The Labute approximate surface area is 108 Å². The van der Waals surface area contributed by atoms with Crippen LogP contribution in [0.1, 0.15) is 25.3 Å². The van der Waals surface area contributed by atoms with E-state index in [9.17, 15) is 4.79 Å². The lowest BCUT2D eigenvalue weighted by molar-refractivity contribution is -0.119. The number of anilines is 1. The van der Waals surface area contributed by atoms with Gasteiger partial charge in [-0.1, -0.05) is 13.3 Å². The summed E-state index contributed by atoms with van der Waals surface area (Å²) in [5, 5.41) is 0. The van der Waals surface area contributed by atoms with E-state index >= 15 is 0 Å². The summed E-state index contributed by atoms with van der Waals surface area (Å²) in [4.78, 5) is 14.0. The summed E-state index contributed by atoms with van der Waals surface area (Å²) in [6.45, 7) is 2.76. The van der Waals surface area contributed by atoms with Gasteiger partial charge in [-0.15, -0.1) is 0 Å². The Morgan fingerprint density at radius 3 is 3.00 bits per heavy atom. The van der Waals surface area contributed by atoms with Crippen LogP contribution in [-0.2, 0) is 11.2 Å². The van der Waals surface area contributed by atoms with Gasteiger partial charge in [-0.3, -0.25) is 4.79 Å². The molecule has 0 saturated heterocycles. The van der Waals surface area contributed by atoms with Crippen molar-refractivity contribution in [2.75, 3.05) is 18.6 Å². The van der Waals surface area contributed by atoms with Gasteiger partial charge in [0.25, 0.3) is 0 Å². The van der Waals surface area contributed by atoms with Crippen molar-refractivity contribution in [2.45, 2.75) is 32.2 Å². The van der Waals surface area contributed by atoms with E-state index in [0.717, 1.165) is 42.8 Å². The number of hydrogen-bond donors (Lipinski definition) is 1. The van der Waals surface area contributed by atoms with Gasteiger partial charge < -0.3 is 15.4 Å². The van der Waals surface area contributed by atoms with Gasteiger partial charge >= 0.3 is 0 Å². The molecule has 0 spiro atoms. The van der Waals surface area contributed by atoms with Crippen molar-refractivity contribution in [3.63, 3.8) is 0 Å². The molecule has 0 aliphatic carbocycles. The highest BCUT2D eigenvalue weighted by atomic mass is 16.5. The van der Waals surface area contributed by atoms with Crippen LogP contribution in [0, 0.1) is 0 Å². The number of amides is 1. The number of methoxy groups -OCH3 is 1. The summed E-state index contributed by atoms with van der Waals surface area (Å²) >= 11 is 0. The smallest absolute Gasteiger partial charge is 0.243 e. The van der Waals surface area contributed by atoms with Gasteiger partial charge in [0.2, 0.25) is 5.91 Å². The molecule has 1 heterocycles. The fourth-order valence-corrected chi connectivity index (χ4v) is 2.37. The Morgan fingerprint density at radius 1 is 1.56 bits per heavy atom. The summed E-state index contributed by atoms with van der Waals surface area (Å²) < 4.78 is 5.19. The van der Waals surface area contributed by atoms with Crippen molar-refractivity contribution in [3.05, 3.63) is 23.8 Å². The Bertz CT molecular complexity index is 445. The van der Waals surface area contributed by atoms with Gasteiger partial charge in [0.05, 0.1) is 13.2 Å². The van der Waals surface area contributed by atoms with E-state index in [1.807, 2.05) is 25.1 Å². The number of carbonyl (C=O) groups excluding carboxylic acids is 1. The molecule has 0 saturated carbocycles. The quantitative estimate of drug-likeness (QED) is 0.882. The molecule has 1 aromatic rings. The number of benzene rings is 1. The Morgan fingerprint density at radius 2 is 2.33 bits per heavy atom. The molecule has 0 fully saturated rings. The molecule has 1 aromatic carbocycles. The Balaban J connectivity index is 2.18. The molecule has 4 nitrogen and oxygen atoms in total. The van der Waals surface area contributed by atoms with Gasteiger partial charge in [-0.05, 0) is 36.6 Å². The first-order valence-corrected chi connectivity index (χ1v) is 6.41. The molecule has 1 aliphatic rings. The number of ether oxygens (including phenoxy) is 1. The van der Waals surface area contributed by atoms with Crippen molar-refractivity contribution in [1.29, 1.82) is 0 Å². The van der Waals surface area contributed by atoms with Crippen LogP contribution in [-0.4, -0.2) is 25.6 Å². The summed E-state index contributed by atoms with van der Waals surface area (Å²) in [5.74, 6) is 0.863. The van der Waals surface area contributed by atoms with E-state index in [2.05, 4.69) is 0 Å². The molecule has 1 amide bonds. The normalized spacial score (nSPS) is 15.4. The third-order valence-electron chi connectivity index (χ3n) is 3.37. The molecule has 4 heteroatoms. The monoisotopic (exact) mass is 248 g/mol. The highest BCUT2D eigenvalue weighted by Gasteiger charge is 2.28. The van der Waals surface area contributed by atoms with E-state index in [1.54, 1.807) is 12.0 Å². The first-order chi connectivity index (χ1) is 8.67. The fraction of sp³-hybridized carbons (Fsp3) is 0.500. The van der Waals surface area contributed by atoms with Crippen molar-refractivity contribution in [2.24, 2.45) is 5.73 Å². The van der Waals surface area contributed by atoms with Gasteiger partial charge in [0.1, 0.15) is 5.75 Å². The van der Waals surface area contributed by atoms with E-state index in [1.165, 1.54) is 0 Å². The van der Waals surface area contributed by atoms with E-state index in [0.29, 0.717) is 0 Å². The van der Waals surface area contributed by atoms with E-state index in [4.69, 9.17) is 10.5 Å². The van der Waals surface area contributed by atoms with Gasteiger partial charge in [0.15, 0.2) is 0 Å². The summed E-state index contributed by atoms with van der Waals surface area (Å²) in [6, 6.07) is 5.43. The second kappa shape index (κ2) is 5.40. The zero-order valence-electron chi connectivity index (χ0n) is 11.0. The lowest BCUT2D eigenvalue weighted by Crippen LogP contribution is -2.43. The van der Waals surface area contributed by atoms with Gasteiger partial charge in [-0.2, -0.15) is 0 Å². The van der Waals surface area contributed by atoms with Crippen LogP contribution < -0.4 is 15.4 Å². The average molecular weight is 248 g/mol. The molecule has 1 aliphatic heterocycles. The third kappa shape index (κ3) is 2.34. The second-order valence-corrected chi connectivity index (χ2v) is 4.63. The summed E-state index contributed by atoms with van der Waals surface area (Å²) in [6.07, 6.45) is 2.54. The van der Waals surface area contributed by atoms with Crippen LogP contribution >= 0.6 is 0 Å². The highest BCUT2D eigenvalue weighted by Crippen LogP contribution is 2.31. The minimum atomic E-state index is -0.386. The number of nitrogens with two attached hydrogens (primary N) is 1. The first-order valence-electron chi connectivity index (χ1n) is 6.41. The molecule has 1 unspecified atom stereocenters. The van der Waals surface area contributed by atoms with Crippen molar-refractivity contribution in [1.82, 2.24) is 0 Å². The maximum atomic E-state index is 12.2. The van der Waals surface area contributed by atoms with Crippen LogP contribution in [0.15, 0.2) is 18.2 Å². The summed E-state index contributed by atoms with van der Waals surface area (Å²) in [7, 11) is 1.65. The molecular formula is C14H20N2O2. The number of carbonyl (C=O) groups is 1. The first kappa shape index (κ1) is 12.9. The molecule has 98 valence electrons. The number of rotatable bonds is 4. The van der Waals surface area contributed by atoms with Gasteiger partial charge in [-0.25, -0.2) is 0 Å². The van der Waals surface area contributed by atoms with Gasteiger partial charge in [0, 0.05) is 12.2 Å². The Hall–Kier alpha value is -1.55. The SMILES string of the molecule is CCCC(N)C(=O)N1CCc2cc(OC)ccc21. The van der Waals surface area contributed by atoms with Crippen molar-refractivity contribution >= 4 is 11.6 Å². The molecule has 18 heavy (non-hydrogen) atoms. The van der Waals surface area contributed by atoms with Crippen LogP contribution in [0.25, 0.3) is 0 Å². The minimum Gasteiger partial charge on any atom is -0.497 e. The molecule has 0 radical (unpaired) electrons. The van der Waals surface area contributed by atoms with Crippen LogP contribution in [0.4, 0.5) is 5.69 Å².